The quantitative estimate of drug-likeness (QED) is 0.816. The Labute approximate surface area is 102 Å². The molecule has 0 aliphatic rings. The maximum atomic E-state index is 12.6. The maximum absolute atomic E-state index is 12.6. The first kappa shape index (κ1) is 14.1. The Hall–Kier alpha value is -0.940. The molecular weight excluding hydrogens is 243 g/mol. The first-order valence-corrected chi connectivity index (χ1v) is 7.18. The molecule has 17 heavy (non-hydrogen) atoms. The van der Waals surface area contributed by atoms with Gasteiger partial charge in [-0.15, -0.1) is 0 Å². The minimum Gasteiger partial charge on any atom is -0.376 e. The van der Waals surface area contributed by atoms with Crippen LogP contribution in [0.5, 0.6) is 0 Å². The van der Waals surface area contributed by atoms with E-state index in [0.29, 0.717) is 0 Å². The third kappa shape index (κ3) is 3.51. The highest BCUT2D eigenvalue weighted by atomic mass is 32.2. The monoisotopic (exact) mass is 260 g/mol. The lowest BCUT2D eigenvalue weighted by Gasteiger charge is -2.20. The number of hydrogen-bond donors (Lipinski definition) is 0. The molecule has 0 bridgehead atoms. The van der Waals surface area contributed by atoms with Crippen molar-refractivity contribution in [2.45, 2.75) is 17.9 Å². The molecule has 96 valence electrons. The van der Waals surface area contributed by atoms with E-state index in [9.17, 15) is 12.8 Å². The highest BCUT2D eigenvalue weighted by molar-refractivity contribution is 7.90. The highest BCUT2D eigenvalue weighted by Crippen LogP contribution is 2.26. The molecule has 0 heterocycles. The Morgan fingerprint density at radius 2 is 1.82 bits per heavy atom. The summed E-state index contributed by atoms with van der Waals surface area (Å²) < 4.78 is 40.4. The van der Waals surface area contributed by atoms with E-state index in [0.717, 1.165) is 11.8 Å². The third-order valence-corrected chi connectivity index (χ3v) is 3.78. The van der Waals surface area contributed by atoms with Crippen molar-refractivity contribution in [3.05, 3.63) is 29.8 Å². The van der Waals surface area contributed by atoms with Crippen LogP contribution in [0.4, 0.5) is 4.39 Å². The number of ether oxygens (including phenoxy) is 1. The summed E-state index contributed by atoms with van der Waals surface area (Å²) in [5, 5.41) is 0. The lowest BCUT2D eigenvalue weighted by Crippen LogP contribution is -2.13. The normalized spacial score (nSPS) is 15.5. The molecule has 0 aromatic heterocycles. The Morgan fingerprint density at radius 3 is 2.18 bits per heavy atom. The summed E-state index contributed by atoms with van der Waals surface area (Å²) in [4.78, 5) is 0.254. The molecule has 0 saturated heterocycles. The maximum Gasteiger partial charge on any atom is 0.175 e. The van der Waals surface area contributed by atoms with E-state index < -0.39 is 16.5 Å². The van der Waals surface area contributed by atoms with Gasteiger partial charge in [0.05, 0.1) is 17.7 Å². The van der Waals surface area contributed by atoms with Crippen LogP contribution in [0.25, 0.3) is 0 Å². The second-order valence-electron chi connectivity index (χ2n) is 4.13. The van der Waals surface area contributed by atoms with Gasteiger partial charge in [0.1, 0.15) is 0 Å². The van der Waals surface area contributed by atoms with Crippen molar-refractivity contribution in [2.24, 2.45) is 5.92 Å². The van der Waals surface area contributed by atoms with Crippen molar-refractivity contribution in [1.82, 2.24) is 0 Å². The summed E-state index contributed by atoms with van der Waals surface area (Å²) in [6.45, 7) is 1.27. The molecule has 0 aliphatic heterocycles. The van der Waals surface area contributed by atoms with Crippen molar-refractivity contribution >= 4 is 9.84 Å². The second kappa shape index (κ2) is 5.60. The molecule has 0 amide bonds. The van der Waals surface area contributed by atoms with Gasteiger partial charge in [-0.2, -0.15) is 0 Å². The minimum atomic E-state index is -3.19. The lowest BCUT2D eigenvalue weighted by molar-refractivity contribution is 0.0479. The molecule has 2 atom stereocenters. The predicted octanol–water partition coefficient (Wildman–Crippen LogP) is 2.38. The van der Waals surface area contributed by atoms with Crippen LogP contribution in [0.3, 0.4) is 0 Å². The molecule has 1 aromatic rings. The summed E-state index contributed by atoms with van der Waals surface area (Å²) in [6, 6.07) is 6.36. The SMILES string of the molecule is CO[C@H](c1ccc(S(C)(=O)=O)cc1)[C@H](C)CF. The Morgan fingerprint density at radius 1 is 1.29 bits per heavy atom. The molecule has 0 radical (unpaired) electrons. The van der Waals surface area contributed by atoms with E-state index in [4.69, 9.17) is 4.74 Å². The molecule has 0 saturated carbocycles. The van der Waals surface area contributed by atoms with Gasteiger partial charge in [-0.25, -0.2) is 8.42 Å². The van der Waals surface area contributed by atoms with Gasteiger partial charge in [-0.05, 0) is 17.7 Å². The fourth-order valence-electron chi connectivity index (χ4n) is 1.68. The van der Waals surface area contributed by atoms with Crippen molar-refractivity contribution in [2.75, 3.05) is 20.0 Å². The molecular formula is C12H17FO3S. The Kier molecular flexibility index (Phi) is 4.65. The van der Waals surface area contributed by atoms with Crippen molar-refractivity contribution in [3.8, 4) is 0 Å². The van der Waals surface area contributed by atoms with Crippen LogP contribution >= 0.6 is 0 Å². The fraction of sp³-hybridized carbons (Fsp3) is 0.500. The Balaban J connectivity index is 3.01. The van der Waals surface area contributed by atoms with Gasteiger partial charge in [0.25, 0.3) is 0 Å². The minimum absolute atomic E-state index is 0.254. The van der Waals surface area contributed by atoms with Crippen molar-refractivity contribution in [1.29, 1.82) is 0 Å². The first-order chi connectivity index (χ1) is 7.90. The largest absolute Gasteiger partial charge is 0.376 e. The summed E-state index contributed by atoms with van der Waals surface area (Å²) >= 11 is 0. The standard InChI is InChI=1S/C12H17FO3S/c1-9(8-13)12(16-2)10-4-6-11(7-5-10)17(3,14)15/h4-7,9,12H,8H2,1-3H3/t9-,12+/m1/s1. The summed E-state index contributed by atoms with van der Waals surface area (Å²) in [5.41, 5.74) is 0.782. The van der Waals surface area contributed by atoms with Gasteiger partial charge < -0.3 is 4.74 Å². The van der Waals surface area contributed by atoms with Crippen LogP contribution in [0.1, 0.15) is 18.6 Å². The van der Waals surface area contributed by atoms with Gasteiger partial charge in [0.15, 0.2) is 9.84 Å². The average molecular weight is 260 g/mol. The summed E-state index contributed by atoms with van der Waals surface area (Å²) in [5.74, 6) is -0.260. The van der Waals surface area contributed by atoms with Gasteiger partial charge in [-0.1, -0.05) is 19.1 Å². The highest BCUT2D eigenvalue weighted by Gasteiger charge is 2.19. The van der Waals surface area contributed by atoms with Crippen LogP contribution in [-0.4, -0.2) is 28.5 Å². The van der Waals surface area contributed by atoms with Crippen LogP contribution in [0, 0.1) is 5.92 Å². The zero-order valence-corrected chi connectivity index (χ0v) is 11.0. The van der Waals surface area contributed by atoms with Crippen molar-refractivity contribution in [3.63, 3.8) is 0 Å². The number of rotatable bonds is 5. The number of sulfone groups is 1. The van der Waals surface area contributed by atoms with Crippen LogP contribution in [0.2, 0.25) is 0 Å². The average Bonchev–Trinajstić information content (AvgIpc) is 2.29. The number of methoxy groups -OCH3 is 1. The molecule has 5 heteroatoms. The molecule has 1 aromatic carbocycles. The molecule has 3 nitrogen and oxygen atoms in total. The topological polar surface area (TPSA) is 43.4 Å². The van der Waals surface area contributed by atoms with Crippen LogP contribution < -0.4 is 0 Å². The number of alkyl halides is 1. The third-order valence-electron chi connectivity index (χ3n) is 2.65. The number of halogens is 1. The smallest absolute Gasteiger partial charge is 0.175 e. The molecule has 0 aliphatic carbocycles. The van der Waals surface area contributed by atoms with Crippen molar-refractivity contribution < 1.29 is 17.5 Å². The van der Waals surface area contributed by atoms with Gasteiger partial charge in [0, 0.05) is 19.3 Å². The summed E-state index contributed by atoms with van der Waals surface area (Å²) in [7, 11) is -1.68. The number of hydrogen-bond acceptors (Lipinski definition) is 3. The zero-order chi connectivity index (χ0) is 13.1. The second-order valence-corrected chi connectivity index (χ2v) is 6.14. The van der Waals surface area contributed by atoms with E-state index in [1.807, 2.05) is 0 Å². The van der Waals surface area contributed by atoms with E-state index in [1.165, 1.54) is 19.2 Å². The molecule has 0 N–H and O–H groups in total. The molecule has 0 fully saturated rings. The molecule has 0 spiro atoms. The summed E-state index contributed by atoms with van der Waals surface area (Å²) in [6.07, 6.45) is 0.800. The molecule has 1 rings (SSSR count). The van der Waals surface area contributed by atoms with E-state index in [1.54, 1.807) is 19.1 Å². The fourth-order valence-corrected chi connectivity index (χ4v) is 2.31. The van der Waals surface area contributed by atoms with Crippen LogP contribution in [0.15, 0.2) is 29.2 Å². The van der Waals surface area contributed by atoms with E-state index >= 15 is 0 Å². The lowest BCUT2D eigenvalue weighted by atomic mass is 9.98. The first-order valence-electron chi connectivity index (χ1n) is 5.29. The zero-order valence-electron chi connectivity index (χ0n) is 10.2. The van der Waals surface area contributed by atoms with Gasteiger partial charge in [0.2, 0.25) is 0 Å². The van der Waals surface area contributed by atoms with E-state index in [-0.39, 0.29) is 16.9 Å². The van der Waals surface area contributed by atoms with Crippen LogP contribution in [-0.2, 0) is 14.6 Å². The van der Waals surface area contributed by atoms with Gasteiger partial charge in [-0.3, -0.25) is 4.39 Å². The van der Waals surface area contributed by atoms with E-state index in [2.05, 4.69) is 0 Å². The van der Waals surface area contributed by atoms with Gasteiger partial charge >= 0.3 is 0 Å². The Bertz CT molecular complexity index is 453. The predicted molar refractivity (Wildman–Crippen MR) is 64.4 cm³/mol. The number of benzene rings is 1. The molecule has 0 unspecified atom stereocenters.